The van der Waals surface area contributed by atoms with Crippen LogP contribution >= 0.6 is 23.4 Å². The second kappa shape index (κ2) is 9.44. The van der Waals surface area contributed by atoms with Gasteiger partial charge in [-0.1, -0.05) is 23.4 Å². The zero-order valence-corrected chi connectivity index (χ0v) is 16.2. The number of hydrogen-bond donors (Lipinski definition) is 3. The maximum Gasteiger partial charge on any atom is 0.242 e. The molecule has 2 rings (SSSR count). The molecule has 2 aromatic rings. The van der Waals surface area contributed by atoms with Crippen LogP contribution in [-0.4, -0.2) is 52.4 Å². The Balaban J connectivity index is 1.96. The molecular formula is C16H20ClN5O3S. The number of ether oxygens (including phenoxy) is 1. The topological polar surface area (TPSA) is 109 Å². The van der Waals surface area contributed by atoms with E-state index >= 15 is 0 Å². The van der Waals surface area contributed by atoms with Crippen LogP contribution in [0.1, 0.15) is 13.8 Å². The minimum absolute atomic E-state index is 0.0910. The van der Waals surface area contributed by atoms with Crippen LogP contribution in [0.15, 0.2) is 23.4 Å². The van der Waals surface area contributed by atoms with Gasteiger partial charge in [0.1, 0.15) is 11.8 Å². The summed E-state index contributed by atoms with van der Waals surface area (Å²) in [6.45, 7) is 3.96. The number of aromatic nitrogens is 3. The Kier molecular flexibility index (Phi) is 7.28. The molecule has 2 amide bonds. The van der Waals surface area contributed by atoms with Crippen LogP contribution in [0.25, 0.3) is 11.4 Å². The van der Waals surface area contributed by atoms with Gasteiger partial charge in [0.05, 0.1) is 18.4 Å². The number of carbonyl (C=O) groups is 2. The Bertz CT molecular complexity index is 783. The predicted octanol–water partition coefficient (Wildman–Crippen LogP) is 1.87. The summed E-state index contributed by atoms with van der Waals surface area (Å²) in [5, 5.41) is 13.1. The number of amides is 2. The van der Waals surface area contributed by atoms with Crippen LogP contribution in [0.5, 0.6) is 5.75 Å². The van der Waals surface area contributed by atoms with Gasteiger partial charge in [0.2, 0.25) is 17.0 Å². The summed E-state index contributed by atoms with van der Waals surface area (Å²) in [6, 6.07) is 4.58. The number of likely N-dealkylation sites (N-methyl/N-ethyl adjacent to an activating group) is 1. The highest BCUT2D eigenvalue weighted by molar-refractivity contribution is 7.99. The summed E-state index contributed by atoms with van der Waals surface area (Å²) in [5.74, 6) is 0.686. The number of aromatic amines is 1. The highest BCUT2D eigenvalue weighted by Crippen LogP contribution is 2.31. The molecule has 0 unspecified atom stereocenters. The third kappa shape index (κ3) is 5.37. The molecule has 26 heavy (non-hydrogen) atoms. The Morgan fingerprint density at radius 3 is 2.88 bits per heavy atom. The van der Waals surface area contributed by atoms with Gasteiger partial charge in [0.25, 0.3) is 0 Å². The fraction of sp³-hybridized carbons (Fsp3) is 0.375. The molecule has 0 saturated heterocycles. The fourth-order valence-electron chi connectivity index (χ4n) is 2.10. The lowest BCUT2D eigenvalue weighted by Gasteiger charge is -2.12. The molecule has 0 saturated carbocycles. The Morgan fingerprint density at radius 1 is 1.42 bits per heavy atom. The van der Waals surface area contributed by atoms with Crippen molar-refractivity contribution in [3.05, 3.63) is 23.2 Å². The Hall–Kier alpha value is -2.26. The largest absolute Gasteiger partial charge is 0.496 e. The lowest BCUT2D eigenvalue weighted by atomic mass is 10.2. The van der Waals surface area contributed by atoms with E-state index in [1.807, 2.05) is 6.92 Å². The lowest BCUT2D eigenvalue weighted by Crippen LogP contribution is -2.45. The molecular weight excluding hydrogens is 378 g/mol. The lowest BCUT2D eigenvalue weighted by molar-refractivity contribution is -0.127. The summed E-state index contributed by atoms with van der Waals surface area (Å²) in [5.41, 5.74) is 0.675. The van der Waals surface area contributed by atoms with E-state index in [4.69, 9.17) is 16.3 Å². The highest BCUT2D eigenvalue weighted by atomic mass is 35.5. The minimum Gasteiger partial charge on any atom is -0.496 e. The number of methoxy groups -OCH3 is 1. The third-order valence-corrected chi connectivity index (χ3v) is 4.42. The molecule has 8 nitrogen and oxygen atoms in total. The van der Waals surface area contributed by atoms with Gasteiger partial charge in [0.15, 0.2) is 5.82 Å². The number of thioether (sulfide) groups is 1. The minimum atomic E-state index is -0.596. The molecule has 140 valence electrons. The van der Waals surface area contributed by atoms with Gasteiger partial charge in [-0.3, -0.25) is 14.7 Å². The molecule has 1 atom stereocenters. The second-order valence-electron chi connectivity index (χ2n) is 5.28. The number of rotatable bonds is 8. The smallest absolute Gasteiger partial charge is 0.242 e. The van der Waals surface area contributed by atoms with Crippen LogP contribution in [0, 0.1) is 0 Å². The van der Waals surface area contributed by atoms with Gasteiger partial charge >= 0.3 is 0 Å². The van der Waals surface area contributed by atoms with Crippen LogP contribution in [0.4, 0.5) is 0 Å². The van der Waals surface area contributed by atoms with Crippen LogP contribution in [0.3, 0.4) is 0 Å². The number of benzene rings is 1. The summed E-state index contributed by atoms with van der Waals surface area (Å²) in [6.07, 6.45) is 0. The van der Waals surface area contributed by atoms with Crippen molar-refractivity contribution in [1.29, 1.82) is 0 Å². The number of carbonyl (C=O) groups excluding carboxylic acids is 2. The van der Waals surface area contributed by atoms with E-state index in [9.17, 15) is 9.59 Å². The van der Waals surface area contributed by atoms with E-state index in [-0.39, 0.29) is 17.6 Å². The Labute approximate surface area is 160 Å². The average molecular weight is 398 g/mol. The Morgan fingerprint density at radius 2 is 2.19 bits per heavy atom. The number of nitrogens with one attached hydrogen (secondary N) is 3. The first-order valence-corrected chi connectivity index (χ1v) is 9.27. The normalized spacial score (nSPS) is 11.7. The van der Waals surface area contributed by atoms with E-state index in [0.29, 0.717) is 33.9 Å². The fourth-order valence-corrected chi connectivity index (χ4v) is 2.88. The van der Waals surface area contributed by atoms with Crippen molar-refractivity contribution in [2.45, 2.75) is 25.0 Å². The van der Waals surface area contributed by atoms with Crippen molar-refractivity contribution in [3.8, 4) is 17.1 Å². The zero-order valence-electron chi connectivity index (χ0n) is 14.6. The summed E-state index contributed by atoms with van der Waals surface area (Å²) in [7, 11) is 1.55. The summed E-state index contributed by atoms with van der Waals surface area (Å²) in [4.78, 5) is 27.9. The van der Waals surface area contributed by atoms with Gasteiger partial charge in [-0.15, -0.1) is 5.10 Å². The average Bonchev–Trinajstić information content (AvgIpc) is 3.09. The number of hydrogen-bond acceptors (Lipinski definition) is 6. The molecule has 0 bridgehead atoms. The van der Waals surface area contributed by atoms with Crippen LogP contribution < -0.4 is 15.4 Å². The molecule has 0 aliphatic heterocycles. The quantitative estimate of drug-likeness (QED) is 0.587. The van der Waals surface area contributed by atoms with E-state index < -0.39 is 6.04 Å². The summed E-state index contributed by atoms with van der Waals surface area (Å²) >= 11 is 7.18. The van der Waals surface area contributed by atoms with E-state index in [1.54, 1.807) is 32.2 Å². The van der Waals surface area contributed by atoms with Gasteiger partial charge in [-0.25, -0.2) is 4.98 Å². The molecule has 0 spiro atoms. The van der Waals surface area contributed by atoms with Crippen LogP contribution in [-0.2, 0) is 9.59 Å². The van der Waals surface area contributed by atoms with Gasteiger partial charge in [-0.05, 0) is 32.0 Å². The van der Waals surface area contributed by atoms with Crippen molar-refractivity contribution in [2.24, 2.45) is 0 Å². The SMILES string of the molecule is CCNC(=O)[C@H](C)NC(=O)CSc1n[nH]c(-c2cc(Cl)ccc2OC)n1. The van der Waals surface area contributed by atoms with Crippen LogP contribution in [0.2, 0.25) is 5.02 Å². The van der Waals surface area contributed by atoms with E-state index in [1.165, 1.54) is 0 Å². The van der Waals surface area contributed by atoms with Crippen molar-refractivity contribution >= 4 is 35.2 Å². The van der Waals surface area contributed by atoms with Gasteiger partial charge < -0.3 is 15.4 Å². The maximum absolute atomic E-state index is 11.9. The maximum atomic E-state index is 11.9. The third-order valence-electron chi connectivity index (χ3n) is 3.34. The standard InChI is InChI=1S/C16H20ClN5O3S/c1-4-18-15(24)9(2)19-13(23)8-26-16-20-14(21-22-16)11-7-10(17)5-6-12(11)25-3/h5-7,9H,4,8H2,1-3H3,(H,18,24)(H,19,23)(H,20,21,22)/t9-/m0/s1. The van der Waals surface area contributed by atoms with Gasteiger partial charge in [-0.2, -0.15) is 0 Å². The molecule has 10 heteroatoms. The monoisotopic (exact) mass is 397 g/mol. The molecule has 0 fully saturated rings. The van der Waals surface area contributed by atoms with E-state index in [0.717, 1.165) is 11.8 Å². The van der Waals surface area contributed by atoms with Crippen molar-refractivity contribution < 1.29 is 14.3 Å². The predicted molar refractivity (Wildman–Crippen MR) is 100 cm³/mol. The second-order valence-corrected chi connectivity index (χ2v) is 6.66. The zero-order chi connectivity index (χ0) is 19.1. The van der Waals surface area contributed by atoms with Crippen molar-refractivity contribution in [2.75, 3.05) is 19.4 Å². The first-order valence-electron chi connectivity index (χ1n) is 7.90. The van der Waals surface area contributed by atoms with E-state index in [2.05, 4.69) is 25.8 Å². The highest BCUT2D eigenvalue weighted by Gasteiger charge is 2.16. The first kappa shape index (κ1) is 20.1. The number of halogens is 1. The molecule has 1 heterocycles. The molecule has 0 aliphatic rings. The number of nitrogens with zero attached hydrogens (tertiary/aromatic N) is 2. The number of H-pyrrole nitrogens is 1. The molecule has 3 N–H and O–H groups in total. The van der Waals surface area contributed by atoms with Crippen molar-refractivity contribution in [3.63, 3.8) is 0 Å². The van der Waals surface area contributed by atoms with Crippen molar-refractivity contribution in [1.82, 2.24) is 25.8 Å². The molecule has 0 radical (unpaired) electrons. The molecule has 1 aromatic carbocycles. The summed E-state index contributed by atoms with van der Waals surface area (Å²) < 4.78 is 5.29. The molecule has 1 aromatic heterocycles. The first-order chi connectivity index (χ1) is 12.4. The molecule has 0 aliphatic carbocycles. The van der Waals surface area contributed by atoms with Gasteiger partial charge in [0, 0.05) is 11.6 Å².